The molecule has 0 aromatic carbocycles. The van der Waals surface area contributed by atoms with Crippen molar-refractivity contribution in [3.8, 4) is 0 Å². The van der Waals surface area contributed by atoms with E-state index in [2.05, 4.69) is 4.90 Å². The van der Waals surface area contributed by atoms with Crippen LogP contribution in [0.3, 0.4) is 0 Å². The summed E-state index contributed by atoms with van der Waals surface area (Å²) in [6.45, 7) is 6.34. The molecule has 0 bridgehead atoms. The minimum atomic E-state index is -0.818. The van der Waals surface area contributed by atoms with Gasteiger partial charge in [0.05, 0.1) is 12.0 Å². The van der Waals surface area contributed by atoms with Crippen molar-refractivity contribution in [1.82, 2.24) is 9.80 Å². The van der Waals surface area contributed by atoms with E-state index in [1.165, 1.54) is 0 Å². The molecule has 0 spiro atoms. The number of ether oxygens (including phenoxy) is 1. The fraction of sp³-hybridized carbons (Fsp3) is 0.867. The number of aliphatic carboxylic acids is 1. The molecule has 1 amide bonds. The van der Waals surface area contributed by atoms with Crippen molar-refractivity contribution in [1.29, 1.82) is 0 Å². The zero-order valence-electron chi connectivity index (χ0n) is 13.8. The van der Waals surface area contributed by atoms with Gasteiger partial charge in [-0.25, -0.2) is 4.79 Å². The fourth-order valence-corrected chi connectivity index (χ4v) is 4.34. The molecule has 0 aromatic heterocycles. The summed E-state index contributed by atoms with van der Waals surface area (Å²) in [5.41, 5.74) is -0.992. The van der Waals surface area contributed by atoms with Crippen LogP contribution in [0.15, 0.2) is 0 Å². The smallest absolute Gasteiger partial charge is 0.410 e. The van der Waals surface area contributed by atoms with E-state index in [1.807, 2.05) is 39.6 Å². The average Bonchev–Trinajstić information content (AvgIpc) is 2.83. The predicted octanol–water partition coefficient (Wildman–Crippen LogP) is 1.89. The Kier molecular flexibility index (Phi) is 4.96. The lowest BCUT2D eigenvalue weighted by molar-refractivity contribution is -0.146. The Hall–Kier alpha value is -0.950. The number of likely N-dealkylation sites (tertiary alicyclic amines) is 1. The molecule has 1 atom stereocenters. The number of carboxylic acid groups (broad SMARTS) is 1. The molecule has 0 aromatic rings. The Morgan fingerprint density at radius 3 is 2.50 bits per heavy atom. The van der Waals surface area contributed by atoms with Crippen molar-refractivity contribution in [2.24, 2.45) is 0 Å². The highest BCUT2D eigenvalue weighted by molar-refractivity contribution is 7.99. The van der Waals surface area contributed by atoms with E-state index in [0.29, 0.717) is 19.1 Å². The highest BCUT2D eigenvalue weighted by atomic mass is 32.2. The van der Waals surface area contributed by atoms with Gasteiger partial charge in [0.25, 0.3) is 0 Å². The van der Waals surface area contributed by atoms with E-state index in [0.717, 1.165) is 17.9 Å². The molecule has 22 heavy (non-hydrogen) atoms. The van der Waals surface area contributed by atoms with Crippen LogP contribution in [-0.2, 0) is 9.53 Å². The molecule has 126 valence electrons. The van der Waals surface area contributed by atoms with Crippen LogP contribution in [0.1, 0.15) is 33.6 Å². The normalized spacial score (nSPS) is 24.2. The van der Waals surface area contributed by atoms with E-state index in [9.17, 15) is 14.7 Å². The molecule has 2 heterocycles. The second kappa shape index (κ2) is 6.28. The Balaban J connectivity index is 2.01. The molecule has 0 aliphatic carbocycles. The van der Waals surface area contributed by atoms with Gasteiger partial charge in [-0.15, -0.1) is 0 Å². The summed E-state index contributed by atoms with van der Waals surface area (Å²) >= 11 is 1.90. The van der Waals surface area contributed by atoms with Gasteiger partial charge in [-0.3, -0.25) is 9.69 Å². The number of hydrogen-bond donors (Lipinski definition) is 1. The predicted molar refractivity (Wildman–Crippen MR) is 86.3 cm³/mol. The van der Waals surface area contributed by atoms with Gasteiger partial charge in [0.2, 0.25) is 0 Å². The van der Waals surface area contributed by atoms with E-state index in [1.54, 1.807) is 4.90 Å². The van der Waals surface area contributed by atoms with Crippen LogP contribution in [0.25, 0.3) is 0 Å². The van der Waals surface area contributed by atoms with Gasteiger partial charge in [-0.05, 0) is 40.0 Å². The Bertz CT molecular complexity index is 437. The SMILES string of the molecule is CN(C1CCSC1)C1(CC(=O)O)CN(C(=O)OC(C)(C)C)C1. The summed E-state index contributed by atoms with van der Waals surface area (Å²) in [4.78, 5) is 27.1. The number of carbonyl (C=O) groups excluding carboxylic acids is 1. The van der Waals surface area contributed by atoms with Gasteiger partial charge in [-0.1, -0.05) is 0 Å². The van der Waals surface area contributed by atoms with Crippen molar-refractivity contribution in [3.05, 3.63) is 0 Å². The summed E-state index contributed by atoms with van der Waals surface area (Å²) in [5.74, 6) is 1.33. The number of thioether (sulfide) groups is 1. The summed E-state index contributed by atoms with van der Waals surface area (Å²) in [7, 11) is 1.99. The first-order chi connectivity index (χ1) is 10.1. The van der Waals surface area contributed by atoms with Gasteiger partial charge in [0, 0.05) is 24.9 Å². The van der Waals surface area contributed by atoms with E-state index >= 15 is 0 Å². The molecule has 0 saturated carbocycles. The highest BCUT2D eigenvalue weighted by Gasteiger charge is 2.52. The van der Waals surface area contributed by atoms with Gasteiger partial charge >= 0.3 is 12.1 Å². The number of amides is 1. The van der Waals surface area contributed by atoms with Crippen molar-refractivity contribution < 1.29 is 19.4 Å². The first kappa shape index (κ1) is 17.4. The first-order valence-corrected chi connectivity index (χ1v) is 8.79. The molecule has 7 heteroatoms. The molecule has 2 aliphatic heterocycles. The third-order valence-corrected chi connectivity index (χ3v) is 5.45. The average molecular weight is 330 g/mol. The third kappa shape index (κ3) is 3.87. The molecule has 1 N–H and O–H groups in total. The molecular weight excluding hydrogens is 304 g/mol. The van der Waals surface area contributed by atoms with Gasteiger partial charge in [0.15, 0.2) is 0 Å². The maximum Gasteiger partial charge on any atom is 0.410 e. The summed E-state index contributed by atoms with van der Waals surface area (Å²) in [6.07, 6.45) is 0.779. The first-order valence-electron chi connectivity index (χ1n) is 7.63. The fourth-order valence-electron chi connectivity index (χ4n) is 3.08. The van der Waals surface area contributed by atoms with Crippen LogP contribution in [-0.4, -0.2) is 75.8 Å². The second-order valence-corrected chi connectivity index (χ2v) is 8.41. The summed E-state index contributed by atoms with van der Waals surface area (Å²) in [6, 6.07) is 0.394. The van der Waals surface area contributed by atoms with Crippen LogP contribution >= 0.6 is 11.8 Å². The van der Waals surface area contributed by atoms with Gasteiger partial charge in [0.1, 0.15) is 5.60 Å². The van der Waals surface area contributed by atoms with Crippen molar-refractivity contribution in [2.45, 2.75) is 50.8 Å². The minimum Gasteiger partial charge on any atom is -0.481 e. The van der Waals surface area contributed by atoms with Crippen LogP contribution in [0.5, 0.6) is 0 Å². The Labute approximate surface area is 136 Å². The zero-order chi connectivity index (χ0) is 16.5. The van der Waals surface area contributed by atoms with Crippen molar-refractivity contribution >= 4 is 23.8 Å². The number of carboxylic acids is 1. The van der Waals surface area contributed by atoms with Crippen LogP contribution < -0.4 is 0 Å². The van der Waals surface area contributed by atoms with Crippen LogP contribution in [0.2, 0.25) is 0 Å². The lowest BCUT2D eigenvalue weighted by Gasteiger charge is -2.55. The lowest BCUT2D eigenvalue weighted by atomic mass is 9.83. The second-order valence-electron chi connectivity index (χ2n) is 7.26. The minimum absolute atomic E-state index is 0.0595. The van der Waals surface area contributed by atoms with Gasteiger partial charge in [-0.2, -0.15) is 11.8 Å². The molecule has 2 aliphatic rings. The third-order valence-electron chi connectivity index (χ3n) is 4.30. The topological polar surface area (TPSA) is 70.1 Å². The molecular formula is C15H26N2O4S. The molecule has 2 saturated heterocycles. The molecule has 2 fully saturated rings. The number of hydrogen-bond acceptors (Lipinski definition) is 5. The largest absolute Gasteiger partial charge is 0.481 e. The standard InChI is InChI=1S/C15H26N2O4S/c1-14(2,3)21-13(20)17-9-15(10-17,7-12(18)19)16(4)11-5-6-22-8-11/h11H,5-10H2,1-4H3,(H,18,19). The number of carbonyl (C=O) groups is 2. The van der Waals surface area contributed by atoms with E-state index < -0.39 is 17.1 Å². The van der Waals surface area contributed by atoms with E-state index in [4.69, 9.17) is 4.74 Å². The number of rotatable bonds is 4. The zero-order valence-corrected chi connectivity index (χ0v) is 14.6. The number of nitrogens with zero attached hydrogens (tertiary/aromatic N) is 2. The quantitative estimate of drug-likeness (QED) is 0.849. The van der Waals surface area contributed by atoms with Crippen LogP contribution in [0, 0.1) is 0 Å². The summed E-state index contributed by atoms with van der Waals surface area (Å²) < 4.78 is 5.36. The lowest BCUT2D eigenvalue weighted by Crippen LogP contribution is -2.72. The molecule has 6 nitrogen and oxygen atoms in total. The van der Waals surface area contributed by atoms with E-state index in [-0.39, 0.29) is 12.5 Å². The summed E-state index contributed by atoms with van der Waals surface area (Å²) in [5, 5.41) is 9.25. The van der Waals surface area contributed by atoms with Crippen molar-refractivity contribution in [2.75, 3.05) is 31.6 Å². The monoisotopic (exact) mass is 330 g/mol. The maximum absolute atomic E-state index is 12.1. The Morgan fingerprint density at radius 1 is 1.41 bits per heavy atom. The highest BCUT2D eigenvalue weighted by Crippen LogP contribution is 2.36. The van der Waals surface area contributed by atoms with Crippen molar-refractivity contribution in [3.63, 3.8) is 0 Å². The Morgan fingerprint density at radius 2 is 2.05 bits per heavy atom. The molecule has 2 rings (SSSR count). The van der Waals surface area contributed by atoms with Crippen LogP contribution in [0.4, 0.5) is 4.79 Å². The van der Waals surface area contributed by atoms with Gasteiger partial charge < -0.3 is 14.7 Å². The molecule has 1 unspecified atom stereocenters. The number of likely N-dealkylation sites (N-methyl/N-ethyl adjacent to an activating group) is 1. The maximum atomic E-state index is 12.1. The molecule has 0 radical (unpaired) electrons.